The molecule has 0 bridgehead atoms. The van der Waals surface area contributed by atoms with E-state index in [1.54, 1.807) is 0 Å². The maximum absolute atomic E-state index is 13.1. The predicted molar refractivity (Wildman–Crippen MR) is 127 cm³/mol. The van der Waals surface area contributed by atoms with Gasteiger partial charge in [-0.1, -0.05) is 86.0 Å². The van der Waals surface area contributed by atoms with Gasteiger partial charge in [-0.25, -0.2) is 4.79 Å². The molecular weight excluding hydrogens is 748 g/mol. The largest absolute Gasteiger partial charge is 1.00 e. The molecule has 2 heterocycles. The van der Waals surface area contributed by atoms with Crippen LogP contribution < -0.4 is 74.1 Å². The van der Waals surface area contributed by atoms with E-state index in [1.807, 2.05) is 0 Å². The summed E-state index contributed by atoms with van der Waals surface area (Å²) in [7, 11) is 0. The Labute approximate surface area is 282 Å². The number of fused-ring (bicyclic) bond motifs is 6. The van der Waals surface area contributed by atoms with Crippen molar-refractivity contribution in [3.8, 4) is 23.0 Å². The van der Waals surface area contributed by atoms with Crippen LogP contribution in [0.5, 0.6) is 23.0 Å². The van der Waals surface area contributed by atoms with E-state index in [4.69, 9.17) is 55.9 Å². The van der Waals surface area contributed by atoms with Gasteiger partial charge in [0.05, 0.1) is 34.6 Å². The van der Waals surface area contributed by atoms with Gasteiger partial charge >= 0.3 is 65.1 Å². The van der Waals surface area contributed by atoms with E-state index in [9.17, 15) is 15.0 Å². The number of hydrogen-bond acceptors (Lipinski definition) is 5. The Bertz CT molecular complexity index is 1420. The maximum atomic E-state index is 13.1. The number of esters is 1. The quantitative estimate of drug-likeness (QED) is 0.150. The number of ether oxygens (including phenoxy) is 2. The van der Waals surface area contributed by atoms with Gasteiger partial charge in [0.2, 0.25) is 0 Å². The smallest absolute Gasteiger partial charge is 0.872 e. The summed E-state index contributed by atoms with van der Waals surface area (Å²) in [5.41, 5.74) is -1.16. The molecule has 2 aliphatic rings. The molecule has 0 fully saturated rings. The summed E-state index contributed by atoms with van der Waals surface area (Å²) in [6, 6.07) is 4.19. The molecule has 14 heteroatoms. The second-order valence-electron chi connectivity index (χ2n) is 6.81. The van der Waals surface area contributed by atoms with Crippen LogP contribution in [0.25, 0.3) is 0 Å². The predicted octanol–water partition coefficient (Wildman–Crippen LogP) is 1.31. The Hall–Kier alpha value is 1.13. The van der Waals surface area contributed by atoms with Crippen molar-refractivity contribution in [1.82, 2.24) is 0 Å². The Balaban J connectivity index is 0.00000162. The van der Waals surface area contributed by atoms with Crippen LogP contribution in [0.4, 0.5) is 0 Å². The van der Waals surface area contributed by atoms with Gasteiger partial charge < -0.3 is 19.7 Å². The van der Waals surface area contributed by atoms with Crippen molar-refractivity contribution < 1.29 is 83.6 Å². The summed E-state index contributed by atoms with van der Waals surface area (Å²) in [5.74, 6) is -1.53. The molecule has 1 unspecified atom stereocenters. The van der Waals surface area contributed by atoms with E-state index in [0.29, 0.717) is 0 Å². The molecule has 0 saturated carbocycles. The van der Waals surface area contributed by atoms with E-state index in [0.717, 1.165) is 0 Å². The Morgan fingerprint density at radius 1 is 0.824 bits per heavy atom. The molecule has 0 aromatic heterocycles. The third-order valence-corrected chi connectivity index (χ3v) is 9.09. The van der Waals surface area contributed by atoms with Gasteiger partial charge in [0.1, 0.15) is 11.5 Å². The monoisotopic (exact) mass is 746 g/mol. The van der Waals surface area contributed by atoms with Gasteiger partial charge in [0.15, 0.2) is 5.60 Å². The fraction of sp³-hybridized carbons (Fsp3) is 0.0500. The van der Waals surface area contributed by atoms with E-state index in [1.165, 1.54) is 18.2 Å². The minimum Gasteiger partial charge on any atom is -0.872 e. The Morgan fingerprint density at radius 2 is 1.41 bits per heavy atom. The van der Waals surface area contributed by atoms with E-state index in [2.05, 4.69) is 47.8 Å². The summed E-state index contributed by atoms with van der Waals surface area (Å²) in [6.07, 6.45) is 0. The standard InChI is InChI=1S/C20H5Br3Cl4O5.2Na/c21-6-3-5-18(11(23)16(6)29)31-17-4(1-2-7(28)10(17)22)20(5)9-8(19(30)32-20)12(24)14(26)15(27)13(9)25;;/h1-3,28-29H;;/q;2*+1/p-2. The van der Waals surface area contributed by atoms with Crippen LogP contribution in [-0.2, 0) is 10.3 Å². The molecule has 0 N–H and O–H groups in total. The average molecular weight is 751 g/mol. The van der Waals surface area contributed by atoms with Crippen molar-refractivity contribution >= 4 is 100 Å². The van der Waals surface area contributed by atoms with Crippen LogP contribution in [0.2, 0.25) is 20.1 Å². The van der Waals surface area contributed by atoms with E-state index >= 15 is 0 Å². The number of halogens is 7. The fourth-order valence-electron chi connectivity index (χ4n) is 3.88. The molecule has 0 aliphatic carbocycles. The van der Waals surface area contributed by atoms with Crippen LogP contribution in [0.3, 0.4) is 0 Å². The van der Waals surface area contributed by atoms with Crippen LogP contribution in [0.1, 0.15) is 27.0 Å². The molecule has 1 spiro atoms. The molecule has 34 heavy (non-hydrogen) atoms. The topological polar surface area (TPSA) is 81.7 Å². The normalized spacial score (nSPS) is 17.1. The first-order chi connectivity index (χ1) is 15.0. The summed E-state index contributed by atoms with van der Waals surface area (Å²) < 4.78 is 12.2. The molecule has 2 aliphatic heterocycles. The van der Waals surface area contributed by atoms with Crippen molar-refractivity contribution in [2.45, 2.75) is 5.60 Å². The molecule has 0 radical (unpaired) electrons. The first-order valence-corrected chi connectivity index (χ1v) is 12.4. The molecule has 5 nitrogen and oxygen atoms in total. The second-order valence-corrected chi connectivity index (χ2v) is 10.8. The van der Waals surface area contributed by atoms with Crippen molar-refractivity contribution in [1.29, 1.82) is 0 Å². The number of hydrogen-bond donors (Lipinski definition) is 0. The van der Waals surface area contributed by atoms with Crippen molar-refractivity contribution in [3.05, 3.63) is 74.0 Å². The van der Waals surface area contributed by atoms with Crippen molar-refractivity contribution in [2.75, 3.05) is 0 Å². The summed E-state index contributed by atoms with van der Waals surface area (Å²) >= 11 is 35.2. The van der Waals surface area contributed by atoms with E-state index < -0.39 is 17.3 Å². The third-order valence-electron chi connectivity index (χ3n) is 5.22. The Kier molecular flexibility index (Phi) is 9.05. The van der Waals surface area contributed by atoms with Gasteiger partial charge in [0.25, 0.3) is 0 Å². The van der Waals surface area contributed by atoms with Crippen LogP contribution >= 0.6 is 94.2 Å². The SMILES string of the molecule is O=C1OC2(c3ccc([O-])c(Br)c3Oc3c2cc(Br)c([O-])c3Br)c2c(Cl)c(Cl)c(Cl)c(Cl)c21.[Na+].[Na+]. The van der Waals surface area contributed by atoms with E-state index in [-0.39, 0.29) is 132 Å². The van der Waals surface area contributed by atoms with Crippen molar-refractivity contribution in [3.63, 3.8) is 0 Å². The van der Waals surface area contributed by atoms with Gasteiger partial charge in [-0.2, -0.15) is 0 Å². The number of carbonyl (C=O) groups excluding carboxylic acids is 1. The first-order valence-electron chi connectivity index (χ1n) is 8.49. The molecule has 1 atom stereocenters. The molecule has 164 valence electrons. The molecule has 0 amide bonds. The van der Waals surface area contributed by atoms with Gasteiger partial charge in [-0.05, 0) is 37.9 Å². The van der Waals surface area contributed by atoms with Gasteiger partial charge in [0, 0.05) is 21.2 Å². The summed E-state index contributed by atoms with van der Waals surface area (Å²) in [6.45, 7) is 0. The number of benzene rings is 3. The minimum atomic E-state index is -1.74. The summed E-state index contributed by atoms with van der Waals surface area (Å²) in [5, 5.41) is 24.5. The second kappa shape index (κ2) is 10.4. The van der Waals surface area contributed by atoms with Gasteiger partial charge in [-0.15, -0.1) is 0 Å². The first kappa shape index (κ1) is 29.7. The number of rotatable bonds is 0. The van der Waals surface area contributed by atoms with Gasteiger partial charge in [-0.3, -0.25) is 0 Å². The summed E-state index contributed by atoms with van der Waals surface area (Å²) in [4.78, 5) is 13.1. The fourth-order valence-corrected chi connectivity index (χ4v) is 6.57. The molecule has 3 aromatic rings. The number of carbonyl (C=O) groups is 1. The van der Waals surface area contributed by atoms with Crippen LogP contribution in [0, 0.1) is 0 Å². The Morgan fingerprint density at radius 3 is 2.06 bits per heavy atom. The van der Waals surface area contributed by atoms with Crippen LogP contribution in [0.15, 0.2) is 31.6 Å². The third kappa shape index (κ3) is 3.94. The van der Waals surface area contributed by atoms with Crippen molar-refractivity contribution in [2.24, 2.45) is 0 Å². The molecule has 0 saturated heterocycles. The molecule has 3 aromatic carbocycles. The zero-order chi connectivity index (χ0) is 23.3. The van der Waals surface area contributed by atoms with Crippen LogP contribution in [-0.4, -0.2) is 5.97 Å². The zero-order valence-electron chi connectivity index (χ0n) is 16.9. The maximum Gasteiger partial charge on any atom is 1.00 e. The molecule has 5 rings (SSSR count). The average Bonchev–Trinajstić information content (AvgIpc) is 3.06. The molecular formula is C20H3Br3Cl4Na2O5. The zero-order valence-corrected chi connectivity index (χ0v) is 28.7. The minimum absolute atomic E-state index is 0.